The number of carbonyl (C=O) groups is 4. The molecule has 2 saturated heterocycles. The molecule has 0 aliphatic carbocycles. The summed E-state index contributed by atoms with van der Waals surface area (Å²) in [4.78, 5) is 54.4. The number of ether oxygens (including phenoxy) is 1. The number of methoxy groups -OCH3 is 1. The average molecular weight is 440 g/mol. The second-order valence-corrected chi connectivity index (χ2v) is 8.78. The third-order valence-electron chi connectivity index (χ3n) is 6.30. The molecule has 0 saturated carbocycles. The molecule has 2 aliphatic rings. The van der Waals surface area contributed by atoms with Crippen LogP contribution < -0.4 is 9.64 Å². The van der Waals surface area contributed by atoms with Gasteiger partial charge in [0.2, 0.25) is 11.8 Å². The highest BCUT2D eigenvalue weighted by molar-refractivity contribution is 6.41. The SMILES string of the molecule is COc1ccccc1N1C(=O)C(=O)N(CC#CCN2C(=O)CCC(C)(C)C2=O)C(C)C1C. The molecule has 3 rings (SSSR count). The van der Waals surface area contributed by atoms with E-state index >= 15 is 0 Å². The van der Waals surface area contributed by atoms with Crippen LogP contribution in [0.2, 0.25) is 0 Å². The lowest BCUT2D eigenvalue weighted by Gasteiger charge is -2.43. The highest BCUT2D eigenvalue weighted by atomic mass is 16.5. The van der Waals surface area contributed by atoms with E-state index in [4.69, 9.17) is 4.74 Å². The van der Waals surface area contributed by atoms with Gasteiger partial charge in [0.15, 0.2) is 0 Å². The largest absolute Gasteiger partial charge is 0.495 e. The quantitative estimate of drug-likeness (QED) is 0.406. The second-order valence-electron chi connectivity index (χ2n) is 8.78. The average Bonchev–Trinajstić information content (AvgIpc) is 2.77. The number of hydrogen-bond donors (Lipinski definition) is 0. The van der Waals surface area contributed by atoms with E-state index in [9.17, 15) is 19.2 Å². The van der Waals surface area contributed by atoms with Crippen LogP contribution in [0.3, 0.4) is 0 Å². The van der Waals surface area contributed by atoms with Crippen molar-refractivity contribution in [3.8, 4) is 17.6 Å². The lowest BCUT2D eigenvalue weighted by molar-refractivity contribution is -0.155. The molecule has 1 aromatic rings. The predicted molar refractivity (Wildman–Crippen MR) is 119 cm³/mol. The number of hydrogen-bond acceptors (Lipinski definition) is 5. The van der Waals surface area contributed by atoms with Crippen LogP contribution in [-0.2, 0) is 19.2 Å². The van der Waals surface area contributed by atoms with Crippen LogP contribution in [0, 0.1) is 17.3 Å². The normalized spacial score (nSPS) is 23.2. The minimum atomic E-state index is -0.651. The third-order valence-corrected chi connectivity index (χ3v) is 6.30. The van der Waals surface area contributed by atoms with Crippen LogP contribution in [0.15, 0.2) is 24.3 Å². The van der Waals surface area contributed by atoms with Crippen molar-refractivity contribution in [2.24, 2.45) is 5.41 Å². The maximum Gasteiger partial charge on any atom is 0.316 e. The zero-order valence-corrected chi connectivity index (χ0v) is 19.2. The Morgan fingerprint density at radius 1 is 1.00 bits per heavy atom. The van der Waals surface area contributed by atoms with Crippen LogP contribution in [0.4, 0.5) is 5.69 Å². The molecule has 0 aromatic heterocycles. The van der Waals surface area contributed by atoms with E-state index in [0.29, 0.717) is 24.3 Å². The summed E-state index contributed by atoms with van der Waals surface area (Å²) in [5.74, 6) is 4.44. The number of likely N-dealkylation sites (tertiary alicyclic amines) is 1. The van der Waals surface area contributed by atoms with E-state index in [1.807, 2.05) is 27.7 Å². The van der Waals surface area contributed by atoms with E-state index in [1.54, 1.807) is 24.3 Å². The number of piperidine rings is 1. The lowest BCUT2D eigenvalue weighted by Crippen LogP contribution is -2.63. The number of nitrogens with zero attached hydrogens (tertiary/aromatic N) is 3. The lowest BCUT2D eigenvalue weighted by atomic mass is 9.83. The Morgan fingerprint density at radius 3 is 2.34 bits per heavy atom. The highest BCUT2D eigenvalue weighted by Gasteiger charge is 2.43. The second kappa shape index (κ2) is 9.03. The van der Waals surface area contributed by atoms with E-state index in [0.717, 1.165) is 0 Å². The molecule has 0 spiro atoms. The van der Waals surface area contributed by atoms with Gasteiger partial charge in [-0.05, 0) is 32.4 Å². The maximum absolute atomic E-state index is 12.9. The fraction of sp³-hybridized carbons (Fsp3) is 0.500. The van der Waals surface area contributed by atoms with E-state index in [2.05, 4.69) is 11.8 Å². The van der Waals surface area contributed by atoms with Gasteiger partial charge in [0, 0.05) is 11.8 Å². The summed E-state index contributed by atoms with van der Waals surface area (Å²) < 4.78 is 5.36. The summed E-state index contributed by atoms with van der Waals surface area (Å²) in [6.45, 7) is 7.38. The molecule has 8 heteroatoms. The van der Waals surface area contributed by atoms with Gasteiger partial charge in [-0.25, -0.2) is 0 Å². The fourth-order valence-corrected chi connectivity index (χ4v) is 4.02. The molecule has 2 aliphatic heterocycles. The van der Waals surface area contributed by atoms with Crippen molar-refractivity contribution < 1.29 is 23.9 Å². The van der Waals surface area contributed by atoms with Gasteiger partial charge in [0.25, 0.3) is 0 Å². The molecular weight excluding hydrogens is 410 g/mol. The first kappa shape index (κ1) is 23.3. The Hall–Kier alpha value is -3.34. The summed E-state index contributed by atoms with van der Waals surface area (Å²) in [7, 11) is 1.52. The monoisotopic (exact) mass is 439 g/mol. The number of piperazine rings is 1. The van der Waals surface area contributed by atoms with E-state index in [1.165, 1.54) is 21.8 Å². The first-order valence-corrected chi connectivity index (χ1v) is 10.7. The molecule has 2 heterocycles. The maximum atomic E-state index is 12.9. The molecule has 8 nitrogen and oxygen atoms in total. The first-order chi connectivity index (χ1) is 15.1. The van der Waals surface area contributed by atoms with Gasteiger partial charge in [0.1, 0.15) is 5.75 Å². The number of carbonyl (C=O) groups excluding carboxylic acids is 4. The van der Waals surface area contributed by atoms with Gasteiger partial charge >= 0.3 is 11.8 Å². The van der Waals surface area contributed by atoms with E-state index < -0.39 is 17.2 Å². The van der Waals surface area contributed by atoms with Gasteiger partial charge < -0.3 is 9.64 Å². The summed E-state index contributed by atoms with van der Waals surface area (Å²) in [6, 6.07) is 6.48. The zero-order valence-electron chi connectivity index (χ0n) is 19.2. The van der Waals surface area contributed by atoms with Crippen LogP contribution in [0.25, 0.3) is 0 Å². The number of para-hydroxylation sites is 2. The minimum Gasteiger partial charge on any atom is -0.495 e. The molecule has 0 bridgehead atoms. The molecule has 4 amide bonds. The zero-order chi connectivity index (χ0) is 23.6. The number of rotatable bonds is 4. The molecule has 2 unspecified atom stereocenters. The molecule has 2 fully saturated rings. The summed E-state index contributed by atoms with van der Waals surface area (Å²) in [6.07, 6.45) is 0.837. The van der Waals surface area contributed by atoms with Crippen molar-refractivity contribution in [3.63, 3.8) is 0 Å². The van der Waals surface area contributed by atoms with Crippen molar-refractivity contribution in [2.75, 3.05) is 25.1 Å². The van der Waals surface area contributed by atoms with Crippen molar-refractivity contribution in [3.05, 3.63) is 24.3 Å². The Morgan fingerprint density at radius 2 is 1.66 bits per heavy atom. The molecule has 2 atom stereocenters. The van der Waals surface area contributed by atoms with Gasteiger partial charge in [-0.3, -0.25) is 29.0 Å². The predicted octanol–water partition coefficient (Wildman–Crippen LogP) is 1.83. The summed E-state index contributed by atoms with van der Waals surface area (Å²) in [5, 5.41) is 0. The smallest absolute Gasteiger partial charge is 0.316 e. The van der Waals surface area contributed by atoms with Gasteiger partial charge in [0.05, 0.1) is 38.0 Å². The molecule has 32 heavy (non-hydrogen) atoms. The number of amides is 4. The Labute approximate surface area is 188 Å². The highest BCUT2D eigenvalue weighted by Crippen LogP contribution is 2.33. The Kier molecular flexibility index (Phi) is 6.58. The molecular formula is C24H29N3O5. The van der Waals surface area contributed by atoms with Crippen LogP contribution >= 0.6 is 0 Å². The van der Waals surface area contributed by atoms with Gasteiger partial charge in [-0.1, -0.05) is 37.8 Å². The Bertz CT molecular complexity index is 1010. The first-order valence-electron chi connectivity index (χ1n) is 10.7. The molecule has 1 aromatic carbocycles. The van der Waals surface area contributed by atoms with Gasteiger partial charge in [-0.15, -0.1) is 0 Å². The van der Waals surface area contributed by atoms with Crippen LogP contribution in [-0.4, -0.2) is 65.7 Å². The van der Waals surface area contributed by atoms with Crippen LogP contribution in [0.1, 0.15) is 40.5 Å². The minimum absolute atomic E-state index is 0.0195. The van der Waals surface area contributed by atoms with Crippen LogP contribution in [0.5, 0.6) is 5.75 Å². The molecule has 0 radical (unpaired) electrons. The number of benzene rings is 1. The van der Waals surface area contributed by atoms with Crippen molar-refractivity contribution >= 4 is 29.3 Å². The van der Waals surface area contributed by atoms with Crippen molar-refractivity contribution in [1.29, 1.82) is 0 Å². The summed E-state index contributed by atoms with van der Waals surface area (Å²) in [5.41, 5.74) is -0.0420. The molecule has 0 N–H and O–H groups in total. The third kappa shape index (κ3) is 4.20. The fourth-order valence-electron chi connectivity index (χ4n) is 4.02. The topological polar surface area (TPSA) is 87.2 Å². The van der Waals surface area contributed by atoms with Crippen molar-refractivity contribution in [1.82, 2.24) is 9.80 Å². The van der Waals surface area contributed by atoms with Gasteiger partial charge in [-0.2, -0.15) is 0 Å². The standard InChI is InChI=1S/C24H29N3O5/c1-16-17(2)27(18-10-6-7-11-19(18)32-5)22(30)21(29)25(16)14-8-9-15-26-20(28)12-13-24(3,4)23(26)31/h6-7,10-11,16-17H,12-15H2,1-5H3. The van der Waals surface area contributed by atoms with E-state index in [-0.39, 0.29) is 37.0 Å². The number of anilines is 1. The molecule has 170 valence electrons. The van der Waals surface area contributed by atoms with Crippen molar-refractivity contribution in [2.45, 2.75) is 52.6 Å². The Balaban J connectivity index is 1.72. The number of imide groups is 1. The summed E-state index contributed by atoms with van der Waals surface area (Å²) >= 11 is 0.